The zero-order valence-electron chi connectivity index (χ0n) is 20.1. The van der Waals surface area contributed by atoms with Gasteiger partial charge in [0.1, 0.15) is 5.60 Å². The Bertz CT molecular complexity index is 700. The highest BCUT2D eigenvalue weighted by atomic mass is 16.6. The highest BCUT2D eigenvalue weighted by Gasteiger charge is 2.57. The molecule has 4 saturated carbocycles. The lowest BCUT2D eigenvalue weighted by molar-refractivity contribution is -0.207. The van der Waals surface area contributed by atoms with Crippen LogP contribution in [0.2, 0.25) is 0 Å². The second-order valence-electron chi connectivity index (χ2n) is 11.5. The van der Waals surface area contributed by atoms with Crippen LogP contribution in [0.4, 0.5) is 0 Å². The number of hydrogen-bond donors (Lipinski definition) is 2. The summed E-state index contributed by atoms with van der Waals surface area (Å²) in [7, 11) is 0. The van der Waals surface area contributed by atoms with Crippen molar-refractivity contribution in [3.8, 4) is 0 Å². The Morgan fingerprint density at radius 1 is 1.03 bits per heavy atom. The molecule has 0 aromatic rings. The fourth-order valence-corrected chi connectivity index (χ4v) is 6.40. The molecule has 4 rings (SSSR count). The first kappa shape index (κ1) is 25.0. The van der Waals surface area contributed by atoms with Gasteiger partial charge in [0.2, 0.25) is 6.10 Å². The number of carboxylic acid groups (broad SMARTS) is 1. The predicted octanol–water partition coefficient (Wildman–Crippen LogP) is 3.81. The molecule has 0 aliphatic heterocycles. The maximum absolute atomic E-state index is 13.0. The maximum atomic E-state index is 13.0. The highest BCUT2D eigenvalue weighted by molar-refractivity contribution is 5.80. The summed E-state index contributed by atoms with van der Waals surface area (Å²) >= 11 is 0. The molecule has 2 N–H and O–H groups in total. The molecule has 182 valence electrons. The van der Waals surface area contributed by atoms with Crippen molar-refractivity contribution >= 4 is 17.9 Å². The van der Waals surface area contributed by atoms with Crippen molar-refractivity contribution in [3.05, 3.63) is 0 Å². The molecule has 4 bridgehead atoms. The van der Waals surface area contributed by atoms with E-state index in [1.165, 1.54) is 20.3 Å². The van der Waals surface area contributed by atoms with Crippen LogP contribution in [0.3, 0.4) is 0 Å². The molecule has 0 radical (unpaired) electrons. The molecule has 7 nitrogen and oxygen atoms in total. The largest absolute Gasteiger partial charge is 0.478 e. The Hall–Kier alpha value is -1.63. The number of aliphatic hydroxyl groups excluding tert-OH is 1. The van der Waals surface area contributed by atoms with E-state index in [0.717, 1.165) is 37.5 Å². The number of hydrogen-bond acceptors (Lipinski definition) is 6. The van der Waals surface area contributed by atoms with Gasteiger partial charge in [-0.05, 0) is 75.5 Å². The fraction of sp³-hybridized carbons (Fsp3) is 0.880. The Morgan fingerprint density at radius 2 is 1.56 bits per heavy atom. The molecular formula is C25H40O7. The third kappa shape index (κ3) is 4.82. The molecule has 0 aromatic carbocycles. The van der Waals surface area contributed by atoms with Crippen LogP contribution >= 0.6 is 0 Å². The van der Waals surface area contributed by atoms with Crippen LogP contribution in [-0.2, 0) is 23.9 Å². The van der Waals surface area contributed by atoms with Crippen LogP contribution in [0, 0.1) is 40.9 Å². The molecule has 0 aromatic heterocycles. The Morgan fingerprint density at radius 3 is 2.00 bits per heavy atom. The summed E-state index contributed by atoms with van der Waals surface area (Å²) in [5, 5.41) is 19.0. The first-order chi connectivity index (χ1) is 14.9. The Labute approximate surface area is 191 Å². The molecule has 0 heterocycles. The minimum Gasteiger partial charge on any atom is -0.478 e. The summed E-state index contributed by atoms with van der Waals surface area (Å²) in [5.41, 5.74) is -1.53. The predicted molar refractivity (Wildman–Crippen MR) is 117 cm³/mol. The second kappa shape index (κ2) is 9.32. The van der Waals surface area contributed by atoms with Gasteiger partial charge in [0.05, 0.1) is 18.4 Å². The van der Waals surface area contributed by atoms with E-state index < -0.39 is 47.5 Å². The number of carbonyl (C=O) groups excluding carboxylic acids is 2. The number of carbonyl (C=O) groups is 3. The van der Waals surface area contributed by atoms with E-state index in [0.29, 0.717) is 18.3 Å². The van der Waals surface area contributed by atoms with Gasteiger partial charge in [0, 0.05) is 5.41 Å². The molecule has 4 aliphatic carbocycles. The van der Waals surface area contributed by atoms with Gasteiger partial charge >= 0.3 is 17.9 Å². The Kier molecular flexibility index (Phi) is 7.28. The van der Waals surface area contributed by atoms with Gasteiger partial charge in [-0.2, -0.15) is 0 Å². The molecule has 0 spiro atoms. The van der Waals surface area contributed by atoms with Crippen LogP contribution in [0.25, 0.3) is 0 Å². The van der Waals surface area contributed by atoms with E-state index in [-0.39, 0.29) is 12.4 Å². The summed E-state index contributed by atoms with van der Waals surface area (Å²) in [4.78, 5) is 37.4. The lowest BCUT2D eigenvalue weighted by atomic mass is 9.50. The van der Waals surface area contributed by atoms with Crippen LogP contribution in [-0.4, -0.2) is 46.4 Å². The van der Waals surface area contributed by atoms with Crippen LogP contribution in [0.1, 0.15) is 79.6 Å². The number of rotatable bonds is 10. The van der Waals surface area contributed by atoms with Crippen molar-refractivity contribution in [1.29, 1.82) is 0 Å². The summed E-state index contributed by atoms with van der Waals surface area (Å²) < 4.78 is 11.5. The normalized spacial score (nSPS) is 33.9. The van der Waals surface area contributed by atoms with E-state index in [1.54, 1.807) is 6.92 Å². The SMILES string of the molecule is CCC(CC(C)C(=O)OC1(C)C2CC3CC(C2)CC1C3)C(=O)OC(C(=O)O)C(C)(C)CO. The minimum absolute atomic E-state index is 0.247. The summed E-state index contributed by atoms with van der Waals surface area (Å²) in [6.45, 7) is 8.32. The van der Waals surface area contributed by atoms with Crippen molar-refractivity contribution in [3.63, 3.8) is 0 Å². The molecule has 7 heteroatoms. The number of esters is 2. The van der Waals surface area contributed by atoms with Gasteiger partial charge in [-0.3, -0.25) is 9.59 Å². The third-order valence-corrected chi connectivity index (χ3v) is 8.52. The standard InChI is InChI=1S/C25H40O7/c1-6-17(23(30)31-20(21(27)28)24(3,4)13-26)7-14(2)22(29)32-25(5)18-9-15-8-16(11-18)12-19(25)10-15/h14-20,26H,6-13H2,1-5H3,(H,27,28). The average molecular weight is 453 g/mol. The quantitative estimate of drug-likeness (QED) is 0.485. The minimum atomic E-state index is -1.46. The molecular weight excluding hydrogens is 412 g/mol. The topological polar surface area (TPSA) is 110 Å². The molecule has 32 heavy (non-hydrogen) atoms. The van der Waals surface area contributed by atoms with Crippen molar-refractivity contribution in [1.82, 2.24) is 0 Å². The van der Waals surface area contributed by atoms with Gasteiger partial charge in [-0.15, -0.1) is 0 Å². The van der Waals surface area contributed by atoms with Crippen molar-refractivity contribution in [2.24, 2.45) is 40.9 Å². The monoisotopic (exact) mass is 452 g/mol. The summed E-state index contributed by atoms with van der Waals surface area (Å²) in [6, 6.07) is 0. The van der Waals surface area contributed by atoms with Crippen LogP contribution in [0.15, 0.2) is 0 Å². The maximum Gasteiger partial charge on any atom is 0.345 e. The molecule has 3 unspecified atom stereocenters. The lowest BCUT2D eigenvalue weighted by Crippen LogP contribution is -2.58. The lowest BCUT2D eigenvalue weighted by Gasteiger charge is -2.59. The van der Waals surface area contributed by atoms with E-state index in [1.807, 2.05) is 6.92 Å². The van der Waals surface area contributed by atoms with Gasteiger partial charge in [-0.25, -0.2) is 4.79 Å². The van der Waals surface area contributed by atoms with Crippen LogP contribution in [0.5, 0.6) is 0 Å². The Balaban J connectivity index is 1.60. The van der Waals surface area contributed by atoms with Crippen molar-refractivity contribution in [2.45, 2.75) is 91.3 Å². The molecule has 4 aliphatic rings. The van der Waals surface area contributed by atoms with E-state index in [2.05, 4.69) is 6.92 Å². The van der Waals surface area contributed by atoms with Crippen molar-refractivity contribution in [2.75, 3.05) is 6.61 Å². The average Bonchev–Trinajstić information content (AvgIpc) is 2.72. The van der Waals surface area contributed by atoms with E-state index in [9.17, 15) is 24.6 Å². The fourth-order valence-electron chi connectivity index (χ4n) is 6.40. The molecule has 0 saturated heterocycles. The van der Waals surface area contributed by atoms with E-state index in [4.69, 9.17) is 9.47 Å². The summed E-state index contributed by atoms with van der Waals surface area (Å²) in [5.74, 6) is -0.903. The molecule has 0 amide bonds. The van der Waals surface area contributed by atoms with Gasteiger partial charge in [0.25, 0.3) is 0 Å². The first-order valence-electron chi connectivity index (χ1n) is 12.2. The van der Waals surface area contributed by atoms with Gasteiger partial charge in [-0.1, -0.05) is 27.7 Å². The highest BCUT2D eigenvalue weighted by Crippen LogP contribution is 2.59. The van der Waals surface area contributed by atoms with Gasteiger partial charge < -0.3 is 19.7 Å². The third-order valence-electron chi connectivity index (χ3n) is 8.52. The number of ether oxygens (including phenoxy) is 2. The van der Waals surface area contributed by atoms with Gasteiger partial charge in [0.15, 0.2) is 0 Å². The number of aliphatic carboxylic acids is 1. The number of aliphatic hydroxyl groups is 1. The molecule has 4 fully saturated rings. The summed E-state index contributed by atoms with van der Waals surface area (Å²) in [6.07, 6.45) is 5.13. The smallest absolute Gasteiger partial charge is 0.345 e. The number of carboxylic acids is 1. The first-order valence-corrected chi connectivity index (χ1v) is 12.2. The zero-order valence-corrected chi connectivity index (χ0v) is 20.1. The van der Waals surface area contributed by atoms with E-state index >= 15 is 0 Å². The zero-order chi connectivity index (χ0) is 23.8. The van der Waals surface area contributed by atoms with Crippen molar-refractivity contribution < 1.29 is 34.1 Å². The molecule has 3 atom stereocenters. The second-order valence-corrected chi connectivity index (χ2v) is 11.5. The van der Waals surface area contributed by atoms with Crippen LogP contribution < -0.4 is 0 Å².